The molecule has 0 spiro atoms. The quantitative estimate of drug-likeness (QED) is 0.517. The predicted octanol–water partition coefficient (Wildman–Crippen LogP) is 4.75. The zero-order valence-corrected chi connectivity index (χ0v) is 14.6. The summed E-state index contributed by atoms with van der Waals surface area (Å²) in [4.78, 5) is 14.2. The van der Waals surface area contributed by atoms with Crippen LogP contribution in [0.1, 0.15) is 39.5 Å². The summed E-state index contributed by atoms with van der Waals surface area (Å²) in [6.45, 7) is 5.20. The summed E-state index contributed by atoms with van der Waals surface area (Å²) in [6.07, 6.45) is 4.42. The number of carbonyl (C=O) groups is 1. The van der Waals surface area contributed by atoms with Crippen molar-refractivity contribution in [1.82, 2.24) is 0 Å². The van der Waals surface area contributed by atoms with E-state index in [-0.39, 0.29) is 5.78 Å². The Morgan fingerprint density at radius 3 is 2.70 bits per heavy atom. The molecule has 0 aliphatic carbocycles. The van der Waals surface area contributed by atoms with E-state index in [2.05, 4.69) is 6.92 Å². The van der Waals surface area contributed by atoms with Crippen molar-refractivity contribution < 1.29 is 14.3 Å². The van der Waals surface area contributed by atoms with E-state index in [0.717, 1.165) is 28.2 Å². The van der Waals surface area contributed by atoms with Crippen molar-refractivity contribution >= 4 is 23.2 Å². The van der Waals surface area contributed by atoms with Gasteiger partial charge in [0.15, 0.2) is 5.78 Å². The highest BCUT2D eigenvalue weighted by Crippen LogP contribution is 2.22. The number of hydrogen-bond donors (Lipinski definition) is 0. The molecule has 122 valence electrons. The van der Waals surface area contributed by atoms with Crippen molar-refractivity contribution in [3.8, 4) is 5.75 Å². The molecule has 0 N–H and O–H groups in total. The minimum atomic E-state index is 0.0388. The van der Waals surface area contributed by atoms with Crippen LogP contribution in [0.25, 0.3) is 6.08 Å². The lowest BCUT2D eigenvalue weighted by atomic mass is 10.1. The monoisotopic (exact) mass is 330 g/mol. The summed E-state index contributed by atoms with van der Waals surface area (Å²) in [5.41, 5.74) is 1.94. The summed E-state index contributed by atoms with van der Waals surface area (Å²) in [6, 6.07) is 9.73. The molecule has 4 heteroatoms. The van der Waals surface area contributed by atoms with Crippen molar-refractivity contribution in [2.45, 2.75) is 26.9 Å². The molecule has 0 aliphatic heterocycles. The van der Waals surface area contributed by atoms with Gasteiger partial charge in [0.1, 0.15) is 5.75 Å². The van der Waals surface area contributed by atoms with Gasteiger partial charge < -0.3 is 9.47 Å². The van der Waals surface area contributed by atoms with Crippen molar-refractivity contribution in [3.63, 3.8) is 0 Å². The molecule has 3 nitrogen and oxygen atoms in total. The first-order chi connectivity index (χ1) is 11.2. The number of allylic oxidation sites excluding steroid dienone is 1. The van der Waals surface area contributed by atoms with Crippen molar-refractivity contribution in [3.05, 3.63) is 57.3 Å². The van der Waals surface area contributed by atoms with E-state index in [1.54, 1.807) is 24.5 Å². The van der Waals surface area contributed by atoms with Crippen LogP contribution >= 0.6 is 11.3 Å². The molecule has 2 rings (SSSR count). The van der Waals surface area contributed by atoms with Gasteiger partial charge in [0.05, 0.1) is 18.6 Å². The second-order valence-electron chi connectivity index (χ2n) is 5.03. The Morgan fingerprint density at radius 2 is 2.04 bits per heavy atom. The molecular formula is C19H22O3S. The molecule has 0 radical (unpaired) electrons. The maximum absolute atomic E-state index is 12.2. The van der Waals surface area contributed by atoms with Gasteiger partial charge in [-0.15, -0.1) is 11.3 Å². The van der Waals surface area contributed by atoms with Gasteiger partial charge >= 0.3 is 0 Å². The number of methoxy groups -OCH3 is 1. The fourth-order valence-corrected chi connectivity index (χ4v) is 3.05. The molecule has 0 bridgehead atoms. The van der Waals surface area contributed by atoms with Gasteiger partial charge in [0.2, 0.25) is 0 Å². The summed E-state index contributed by atoms with van der Waals surface area (Å²) < 4.78 is 10.8. The van der Waals surface area contributed by atoms with Crippen LogP contribution in [-0.4, -0.2) is 19.5 Å². The molecule has 1 heterocycles. The Hall–Kier alpha value is -1.91. The van der Waals surface area contributed by atoms with E-state index in [0.29, 0.717) is 13.2 Å². The SMILES string of the molecule is CCOCc1cc(/C=C/C(=O)c2ccc(CC)s2)ccc1OC. The lowest BCUT2D eigenvalue weighted by Crippen LogP contribution is -1.97. The van der Waals surface area contributed by atoms with Gasteiger partial charge in [0, 0.05) is 17.0 Å². The predicted molar refractivity (Wildman–Crippen MR) is 95.4 cm³/mol. The fraction of sp³-hybridized carbons (Fsp3) is 0.316. The van der Waals surface area contributed by atoms with Crippen LogP contribution in [0.3, 0.4) is 0 Å². The molecular weight excluding hydrogens is 308 g/mol. The highest BCUT2D eigenvalue weighted by atomic mass is 32.1. The van der Waals surface area contributed by atoms with Crippen LogP contribution < -0.4 is 4.74 Å². The zero-order chi connectivity index (χ0) is 16.7. The first kappa shape index (κ1) is 17.4. The average molecular weight is 330 g/mol. The summed E-state index contributed by atoms with van der Waals surface area (Å²) >= 11 is 1.56. The molecule has 1 aromatic heterocycles. The molecule has 0 saturated heterocycles. The smallest absolute Gasteiger partial charge is 0.195 e. The number of aryl methyl sites for hydroxylation is 1. The van der Waals surface area contributed by atoms with Crippen LogP contribution in [0, 0.1) is 0 Å². The summed E-state index contributed by atoms with van der Waals surface area (Å²) in [7, 11) is 1.64. The lowest BCUT2D eigenvalue weighted by Gasteiger charge is -2.09. The van der Waals surface area contributed by atoms with Crippen molar-refractivity contribution in [1.29, 1.82) is 0 Å². The molecule has 0 fully saturated rings. The van der Waals surface area contributed by atoms with Crippen LogP contribution in [0.15, 0.2) is 36.4 Å². The summed E-state index contributed by atoms with van der Waals surface area (Å²) in [5.74, 6) is 0.838. The van der Waals surface area contributed by atoms with Crippen molar-refractivity contribution in [2.24, 2.45) is 0 Å². The number of benzene rings is 1. The number of thiophene rings is 1. The van der Waals surface area contributed by atoms with Gasteiger partial charge in [-0.05, 0) is 49.2 Å². The third-order valence-corrected chi connectivity index (χ3v) is 4.69. The largest absolute Gasteiger partial charge is 0.496 e. The standard InChI is InChI=1S/C19H22O3S/c1-4-16-8-11-19(23-16)17(20)9-6-14-7-10-18(21-3)15(12-14)13-22-5-2/h6-12H,4-5,13H2,1-3H3/b9-6+. The van der Waals surface area contributed by atoms with Crippen LogP contribution in [0.5, 0.6) is 5.75 Å². The molecule has 0 atom stereocenters. The topological polar surface area (TPSA) is 35.5 Å². The summed E-state index contributed by atoms with van der Waals surface area (Å²) in [5, 5.41) is 0. The van der Waals surface area contributed by atoms with Crippen molar-refractivity contribution in [2.75, 3.05) is 13.7 Å². The first-order valence-electron chi connectivity index (χ1n) is 7.73. The fourth-order valence-electron chi connectivity index (χ4n) is 2.18. The average Bonchev–Trinajstić information content (AvgIpc) is 3.07. The Balaban J connectivity index is 2.13. The number of hydrogen-bond acceptors (Lipinski definition) is 4. The number of carbonyl (C=O) groups excluding carboxylic acids is 1. The molecule has 0 saturated carbocycles. The highest BCUT2D eigenvalue weighted by Gasteiger charge is 2.06. The van der Waals surface area contributed by atoms with Gasteiger partial charge in [0.25, 0.3) is 0 Å². The molecule has 2 aromatic rings. The minimum Gasteiger partial charge on any atom is -0.496 e. The highest BCUT2D eigenvalue weighted by molar-refractivity contribution is 7.14. The lowest BCUT2D eigenvalue weighted by molar-refractivity contribution is 0.105. The molecule has 1 aromatic carbocycles. The van der Waals surface area contributed by atoms with E-state index >= 15 is 0 Å². The second-order valence-corrected chi connectivity index (χ2v) is 6.19. The van der Waals surface area contributed by atoms with Crippen LogP contribution in [0.4, 0.5) is 0 Å². The first-order valence-corrected chi connectivity index (χ1v) is 8.55. The third kappa shape index (κ3) is 4.78. The van der Waals surface area contributed by atoms with Gasteiger partial charge in [-0.2, -0.15) is 0 Å². The normalized spacial score (nSPS) is 11.1. The van der Waals surface area contributed by atoms with Crippen LogP contribution in [0.2, 0.25) is 0 Å². The van der Waals surface area contributed by atoms with E-state index in [1.165, 1.54) is 4.88 Å². The van der Waals surface area contributed by atoms with E-state index in [9.17, 15) is 4.79 Å². The Kier molecular flexibility index (Phi) is 6.56. The van der Waals surface area contributed by atoms with E-state index < -0.39 is 0 Å². The molecule has 23 heavy (non-hydrogen) atoms. The van der Waals surface area contributed by atoms with Gasteiger partial charge in [-0.1, -0.05) is 19.1 Å². The Labute approximate surface area is 141 Å². The molecule has 0 unspecified atom stereocenters. The number of rotatable bonds is 8. The van der Waals surface area contributed by atoms with E-state index in [1.807, 2.05) is 43.3 Å². The number of ether oxygens (including phenoxy) is 2. The van der Waals surface area contributed by atoms with E-state index in [4.69, 9.17) is 9.47 Å². The minimum absolute atomic E-state index is 0.0388. The van der Waals surface area contributed by atoms with Crippen LogP contribution in [-0.2, 0) is 17.8 Å². The van der Waals surface area contributed by atoms with Gasteiger partial charge in [-0.3, -0.25) is 4.79 Å². The third-order valence-electron chi connectivity index (χ3n) is 3.45. The number of ketones is 1. The maximum Gasteiger partial charge on any atom is 0.195 e. The van der Waals surface area contributed by atoms with Gasteiger partial charge in [-0.25, -0.2) is 0 Å². The molecule has 0 aliphatic rings. The Bertz CT molecular complexity index is 686. The zero-order valence-electron chi connectivity index (χ0n) is 13.8. The second kappa shape index (κ2) is 8.65. The maximum atomic E-state index is 12.2. The molecule has 0 amide bonds. The Morgan fingerprint density at radius 1 is 1.22 bits per heavy atom.